The number of nitrogens with one attached hydrogen (secondary N) is 1. The van der Waals surface area contributed by atoms with E-state index in [9.17, 15) is 0 Å². The zero-order chi connectivity index (χ0) is 11.3. The first-order valence-electron chi connectivity index (χ1n) is 5.12. The Balaban J connectivity index is 2.73. The first kappa shape index (κ1) is 12.5. The number of halogens is 2. The number of hydrogen-bond acceptors (Lipinski definition) is 3. The molecule has 1 atom stereocenters. The summed E-state index contributed by atoms with van der Waals surface area (Å²) in [6, 6.07) is 0.387. The smallest absolute Gasteiger partial charge is 0.224 e. The number of hydrogen-bond donors (Lipinski definition) is 1. The lowest BCUT2D eigenvalue weighted by atomic mass is 10.1. The molecule has 1 unspecified atom stereocenters. The van der Waals surface area contributed by atoms with Gasteiger partial charge in [0.15, 0.2) is 0 Å². The van der Waals surface area contributed by atoms with Crippen LogP contribution in [0.25, 0.3) is 0 Å². The highest BCUT2D eigenvalue weighted by molar-refractivity contribution is 6.33. The summed E-state index contributed by atoms with van der Waals surface area (Å²) in [5, 5.41) is 4.00. The van der Waals surface area contributed by atoms with E-state index in [0.717, 1.165) is 19.3 Å². The lowest BCUT2D eigenvalue weighted by molar-refractivity contribution is 0.620. The van der Waals surface area contributed by atoms with Crippen LogP contribution in [0.4, 0.5) is 5.82 Å². The average molecular weight is 248 g/mol. The van der Waals surface area contributed by atoms with E-state index in [-0.39, 0.29) is 5.28 Å². The molecule has 0 aliphatic heterocycles. The second-order valence-electron chi connectivity index (χ2n) is 3.37. The van der Waals surface area contributed by atoms with Gasteiger partial charge in [-0.15, -0.1) is 0 Å². The van der Waals surface area contributed by atoms with E-state index in [1.165, 1.54) is 6.20 Å². The molecule has 0 amide bonds. The first-order valence-corrected chi connectivity index (χ1v) is 5.87. The average Bonchev–Trinajstić information content (AvgIpc) is 2.22. The van der Waals surface area contributed by atoms with Crippen LogP contribution in [0.15, 0.2) is 6.20 Å². The fourth-order valence-electron chi connectivity index (χ4n) is 1.37. The molecule has 0 saturated heterocycles. The molecule has 0 bridgehead atoms. The van der Waals surface area contributed by atoms with Gasteiger partial charge in [0.1, 0.15) is 10.8 Å². The van der Waals surface area contributed by atoms with Gasteiger partial charge in [0, 0.05) is 6.04 Å². The second-order valence-corrected chi connectivity index (χ2v) is 4.12. The Hall–Kier alpha value is -0.540. The van der Waals surface area contributed by atoms with Crippen molar-refractivity contribution in [3.63, 3.8) is 0 Å². The van der Waals surface area contributed by atoms with Gasteiger partial charge < -0.3 is 5.32 Å². The monoisotopic (exact) mass is 247 g/mol. The maximum atomic E-state index is 5.95. The second kappa shape index (κ2) is 6.13. The number of nitrogens with zero attached hydrogens (tertiary/aromatic N) is 2. The van der Waals surface area contributed by atoms with Gasteiger partial charge in [0.05, 0.1) is 6.20 Å². The summed E-state index contributed by atoms with van der Waals surface area (Å²) >= 11 is 11.7. The highest BCUT2D eigenvalue weighted by Gasteiger charge is 2.09. The van der Waals surface area contributed by atoms with Gasteiger partial charge in [0.2, 0.25) is 5.28 Å². The predicted octanol–water partition coefficient (Wildman–Crippen LogP) is 3.77. The van der Waals surface area contributed by atoms with Gasteiger partial charge >= 0.3 is 0 Å². The minimum Gasteiger partial charge on any atom is -0.366 e. The lowest BCUT2D eigenvalue weighted by Gasteiger charge is -2.17. The summed E-state index contributed by atoms with van der Waals surface area (Å²) in [5.74, 6) is 0.622. The Labute approximate surface area is 100 Å². The highest BCUT2D eigenvalue weighted by atomic mass is 35.5. The molecule has 0 radical (unpaired) electrons. The van der Waals surface area contributed by atoms with E-state index in [2.05, 4.69) is 29.1 Å². The van der Waals surface area contributed by atoms with Gasteiger partial charge in [-0.3, -0.25) is 0 Å². The predicted molar refractivity (Wildman–Crippen MR) is 64.7 cm³/mol. The number of aromatic nitrogens is 2. The van der Waals surface area contributed by atoms with Crippen LogP contribution in [0.3, 0.4) is 0 Å². The van der Waals surface area contributed by atoms with Crippen LogP contribution < -0.4 is 5.32 Å². The Morgan fingerprint density at radius 1 is 1.40 bits per heavy atom. The van der Waals surface area contributed by atoms with Crippen molar-refractivity contribution in [1.29, 1.82) is 0 Å². The Kier molecular flexibility index (Phi) is 5.12. The molecule has 15 heavy (non-hydrogen) atoms. The van der Waals surface area contributed by atoms with Crippen molar-refractivity contribution in [2.24, 2.45) is 0 Å². The van der Waals surface area contributed by atoms with Crippen LogP contribution in [0.2, 0.25) is 10.3 Å². The molecule has 0 fully saturated rings. The number of anilines is 1. The summed E-state index contributed by atoms with van der Waals surface area (Å²) in [6.45, 7) is 4.28. The third-order valence-corrected chi connectivity index (χ3v) is 2.64. The van der Waals surface area contributed by atoms with Crippen molar-refractivity contribution in [2.75, 3.05) is 5.32 Å². The topological polar surface area (TPSA) is 37.8 Å². The molecule has 3 nitrogen and oxygen atoms in total. The van der Waals surface area contributed by atoms with Crippen LogP contribution in [-0.4, -0.2) is 16.0 Å². The highest BCUT2D eigenvalue weighted by Crippen LogP contribution is 2.21. The first-order chi connectivity index (χ1) is 7.17. The SMILES string of the molecule is CCCC(CC)Nc1nc(Cl)ncc1Cl. The van der Waals surface area contributed by atoms with Crippen LogP contribution >= 0.6 is 23.2 Å². The van der Waals surface area contributed by atoms with Crippen molar-refractivity contribution in [2.45, 2.75) is 39.2 Å². The molecule has 0 spiro atoms. The summed E-state index contributed by atoms with van der Waals surface area (Å²) in [4.78, 5) is 7.85. The molecule has 0 saturated carbocycles. The maximum absolute atomic E-state index is 5.95. The quantitative estimate of drug-likeness (QED) is 0.806. The Morgan fingerprint density at radius 3 is 2.73 bits per heavy atom. The standard InChI is InChI=1S/C10H15Cl2N3/c1-3-5-7(4-2)14-9-8(11)6-13-10(12)15-9/h6-7H,3-5H2,1-2H3,(H,13,14,15). The molecular weight excluding hydrogens is 233 g/mol. The van der Waals surface area contributed by atoms with Crippen molar-refractivity contribution in [3.8, 4) is 0 Å². The molecule has 1 aromatic rings. The minimum absolute atomic E-state index is 0.216. The van der Waals surface area contributed by atoms with E-state index in [1.54, 1.807) is 0 Å². The normalized spacial score (nSPS) is 12.5. The van der Waals surface area contributed by atoms with Crippen molar-refractivity contribution >= 4 is 29.0 Å². The largest absolute Gasteiger partial charge is 0.366 e. The molecule has 1 rings (SSSR count). The molecule has 0 aliphatic rings. The van der Waals surface area contributed by atoms with Gasteiger partial charge in [-0.2, -0.15) is 4.98 Å². The van der Waals surface area contributed by atoms with Crippen LogP contribution in [0.1, 0.15) is 33.1 Å². The van der Waals surface area contributed by atoms with E-state index in [1.807, 2.05) is 0 Å². The van der Waals surface area contributed by atoms with E-state index < -0.39 is 0 Å². The molecule has 1 N–H and O–H groups in total. The van der Waals surface area contributed by atoms with Crippen LogP contribution in [-0.2, 0) is 0 Å². The zero-order valence-electron chi connectivity index (χ0n) is 8.93. The van der Waals surface area contributed by atoms with Crippen molar-refractivity contribution in [3.05, 3.63) is 16.5 Å². The zero-order valence-corrected chi connectivity index (χ0v) is 10.4. The van der Waals surface area contributed by atoms with Gasteiger partial charge in [0.25, 0.3) is 0 Å². The molecule has 0 aliphatic carbocycles. The summed E-state index contributed by atoms with van der Waals surface area (Å²) in [7, 11) is 0. The minimum atomic E-state index is 0.216. The molecule has 1 aromatic heterocycles. The Morgan fingerprint density at radius 2 is 2.13 bits per heavy atom. The van der Waals surface area contributed by atoms with Crippen molar-refractivity contribution in [1.82, 2.24) is 9.97 Å². The molecule has 84 valence electrons. The maximum Gasteiger partial charge on any atom is 0.224 e. The number of rotatable bonds is 5. The fourth-order valence-corrected chi connectivity index (χ4v) is 1.65. The summed E-state index contributed by atoms with van der Waals surface area (Å²) in [5.41, 5.74) is 0. The summed E-state index contributed by atoms with van der Waals surface area (Å²) < 4.78 is 0. The van der Waals surface area contributed by atoms with Crippen LogP contribution in [0.5, 0.6) is 0 Å². The lowest BCUT2D eigenvalue weighted by Crippen LogP contribution is -2.19. The molecule has 0 aromatic carbocycles. The summed E-state index contributed by atoms with van der Waals surface area (Å²) in [6.07, 6.45) is 4.76. The fraction of sp³-hybridized carbons (Fsp3) is 0.600. The van der Waals surface area contributed by atoms with E-state index in [0.29, 0.717) is 16.9 Å². The van der Waals surface area contributed by atoms with E-state index in [4.69, 9.17) is 23.2 Å². The van der Waals surface area contributed by atoms with Gasteiger partial charge in [-0.25, -0.2) is 4.98 Å². The molecule has 5 heteroatoms. The van der Waals surface area contributed by atoms with Crippen molar-refractivity contribution < 1.29 is 0 Å². The van der Waals surface area contributed by atoms with E-state index >= 15 is 0 Å². The molecule has 1 heterocycles. The third-order valence-electron chi connectivity index (χ3n) is 2.19. The van der Waals surface area contributed by atoms with Gasteiger partial charge in [-0.05, 0) is 24.4 Å². The Bertz CT molecular complexity index is 318. The van der Waals surface area contributed by atoms with Crippen LogP contribution in [0, 0.1) is 0 Å². The molecular formula is C10H15Cl2N3. The third kappa shape index (κ3) is 3.84. The van der Waals surface area contributed by atoms with Gasteiger partial charge in [-0.1, -0.05) is 31.9 Å².